The van der Waals surface area contributed by atoms with Gasteiger partial charge in [0.1, 0.15) is 0 Å². The smallest absolute Gasteiger partial charge is 0.287 e. The van der Waals surface area contributed by atoms with E-state index < -0.39 is 0 Å². The number of nitrogens with one attached hydrogen (secondary N) is 2. The van der Waals surface area contributed by atoms with Crippen molar-refractivity contribution in [2.75, 3.05) is 0 Å². The number of para-hydroxylation sites is 2. The molecule has 0 bridgehead atoms. The molecule has 192 valence electrons. The van der Waals surface area contributed by atoms with E-state index in [1.165, 1.54) is 11.1 Å². The second kappa shape index (κ2) is 11.2. The molecule has 0 radical (unpaired) electrons. The van der Waals surface area contributed by atoms with E-state index in [2.05, 4.69) is 58.1 Å². The molecule has 1 aliphatic carbocycles. The summed E-state index contributed by atoms with van der Waals surface area (Å²) in [6.07, 6.45) is 7.68. The number of hydrogen-bond acceptors (Lipinski definition) is 5. The van der Waals surface area contributed by atoms with E-state index in [9.17, 15) is 4.79 Å². The standard InChI is InChI=1S/C30H36N6O/c1-20(2)24-9-7-17-32-28(24)19-36(18-27-21(3)8-6-16-31-27)23-14-12-22(13-15-23)33-30(37)29-34-25-10-4-5-11-26(25)35-29/h4-11,16-17,20,22-23H,12-15,18-19H2,1-3H3,(H,33,37)(H,34,35)/t22-,23-. The molecule has 7 nitrogen and oxygen atoms in total. The van der Waals surface area contributed by atoms with Crippen LogP contribution >= 0.6 is 0 Å². The number of aryl methyl sites for hydroxylation is 1. The van der Waals surface area contributed by atoms with Crippen molar-refractivity contribution < 1.29 is 4.79 Å². The summed E-state index contributed by atoms with van der Waals surface area (Å²) < 4.78 is 0. The Morgan fingerprint density at radius 1 is 0.973 bits per heavy atom. The molecule has 0 unspecified atom stereocenters. The zero-order valence-electron chi connectivity index (χ0n) is 21.9. The minimum Gasteiger partial charge on any atom is -0.347 e. The molecule has 2 N–H and O–H groups in total. The highest BCUT2D eigenvalue weighted by molar-refractivity contribution is 5.94. The van der Waals surface area contributed by atoms with Crippen LogP contribution in [0, 0.1) is 6.92 Å². The van der Waals surface area contributed by atoms with Gasteiger partial charge in [0, 0.05) is 37.6 Å². The fraction of sp³-hybridized carbons (Fsp3) is 0.400. The molecule has 1 aliphatic rings. The lowest BCUT2D eigenvalue weighted by atomic mass is 9.89. The zero-order chi connectivity index (χ0) is 25.8. The molecule has 37 heavy (non-hydrogen) atoms. The maximum Gasteiger partial charge on any atom is 0.287 e. The number of H-pyrrole nitrogens is 1. The highest BCUT2D eigenvalue weighted by Crippen LogP contribution is 2.28. The first-order chi connectivity index (χ1) is 18.0. The minimum atomic E-state index is -0.129. The molecule has 7 heteroatoms. The maximum atomic E-state index is 12.9. The monoisotopic (exact) mass is 496 g/mol. The average Bonchev–Trinajstić information content (AvgIpc) is 3.35. The van der Waals surface area contributed by atoms with E-state index in [1.54, 1.807) is 0 Å². The van der Waals surface area contributed by atoms with Gasteiger partial charge in [-0.1, -0.05) is 38.1 Å². The summed E-state index contributed by atoms with van der Waals surface area (Å²) in [6.45, 7) is 8.17. The number of pyridine rings is 2. The number of hydrogen-bond donors (Lipinski definition) is 2. The summed E-state index contributed by atoms with van der Waals surface area (Å²) in [4.78, 5) is 32.5. The molecule has 4 aromatic rings. The summed E-state index contributed by atoms with van der Waals surface area (Å²) in [6, 6.07) is 16.6. The maximum absolute atomic E-state index is 12.9. The van der Waals surface area contributed by atoms with Crippen LogP contribution < -0.4 is 5.32 Å². The Kier molecular flexibility index (Phi) is 7.60. The van der Waals surface area contributed by atoms with Gasteiger partial charge in [-0.15, -0.1) is 0 Å². The van der Waals surface area contributed by atoms with E-state index in [4.69, 9.17) is 4.98 Å². The molecule has 1 fully saturated rings. The summed E-state index contributed by atoms with van der Waals surface area (Å²) >= 11 is 0. The number of amides is 1. The second-order valence-corrected chi connectivity index (χ2v) is 10.4. The Labute approximate surface area is 218 Å². The zero-order valence-corrected chi connectivity index (χ0v) is 21.9. The van der Waals surface area contributed by atoms with Crippen molar-refractivity contribution >= 4 is 16.9 Å². The molecular weight excluding hydrogens is 460 g/mol. The van der Waals surface area contributed by atoms with Gasteiger partial charge in [0.05, 0.1) is 22.4 Å². The molecule has 1 aromatic carbocycles. The van der Waals surface area contributed by atoms with Crippen LogP contribution in [0.3, 0.4) is 0 Å². The van der Waals surface area contributed by atoms with Crippen LogP contribution in [0.5, 0.6) is 0 Å². The van der Waals surface area contributed by atoms with Crippen LogP contribution in [0.2, 0.25) is 0 Å². The summed E-state index contributed by atoms with van der Waals surface area (Å²) in [5.74, 6) is 0.675. The van der Waals surface area contributed by atoms with Gasteiger partial charge >= 0.3 is 0 Å². The Bertz CT molecular complexity index is 1320. The molecule has 0 atom stereocenters. The largest absolute Gasteiger partial charge is 0.347 e. The summed E-state index contributed by atoms with van der Waals surface area (Å²) in [5.41, 5.74) is 6.47. The van der Waals surface area contributed by atoms with Crippen LogP contribution in [0.1, 0.15) is 78.6 Å². The molecule has 0 aliphatic heterocycles. The molecule has 3 aromatic heterocycles. The molecule has 1 amide bonds. The Hall–Kier alpha value is -3.58. The number of benzene rings is 1. The average molecular weight is 497 g/mol. The Balaban J connectivity index is 1.27. The van der Waals surface area contributed by atoms with E-state index in [1.807, 2.05) is 48.8 Å². The topological polar surface area (TPSA) is 86.8 Å². The number of imidazole rings is 1. The van der Waals surface area contributed by atoms with Gasteiger partial charge in [-0.05, 0) is 73.9 Å². The van der Waals surface area contributed by atoms with Gasteiger partial charge in [-0.2, -0.15) is 0 Å². The minimum absolute atomic E-state index is 0.129. The number of carbonyl (C=O) groups excluding carboxylic acids is 1. The van der Waals surface area contributed by atoms with Crippen molar-refractivity contribution in [2.24, 2.45) is 0 Å². The lowest BCUT2D eigenvalue weighted by Gasteiger charge is -2.37. The second-order valence-electron chi connectivity index (χ2n) is 10.4. The number of aromatic amines is 1. The molecule has 5 rings (SSSR count). The van der Waals surface area contributed by atoms with Gasteiger partial charge in [0.2, 0.25) is 0 Å². The number of rotatable bonds is 8. The van der Waals surface area contributed by atoms with Crippen molar-refractivity contribution in [1.29, 1.82) is 0 Å². The van der Waals surface area contributed by atoms with Crippen LogP contribution in [0.15, 0.2) is 60.9 Å². The van der Waals surface area contributed by atoms with Gasteiger partial charge < -0.3 is 10.3 Å². The highest BCUT2D eigenvalue weighted by Gasteiger charge is 2.29. The van der Waals surface area contributed by atoms with Gasteiger partial charge in [0.25, 0.3) is 5.91 Å². The lowest BCUT2D eigenvalue weighted by molar-refractivity contribution is 0.0881. The van der Waals surface area contributed by atoms with Crippen molar-refractivity contribution in [3.05, 3.63) is 89.3 Å². The van der Waals surface area contributed by atoms with Crippen molar-refractivity contribution in [3.63, 3.8) is 0 Å². The van der Waals surface area contributed by atoms with Crippen LogP contribution in [0.4, 0.5) is 0 Å². The fourth-order valence-electron chi connectivity index (χ4n) is 5.39. The number of fused-ring (bicyclic) bond motifs is 1. The lowest BCUT2D eigenvalue weighted by Crippen LogP contribution is -2.44. The van der Waals surface area contributed by atoms with Crippen LogP contribution in [-0.4, -0.2) is 42.8 Å². The Morgan fingerprint density at radius 2 is 1.68 bits per heavy atom. The van der Waals surface area contributed by atoms with E-state index in [-0.39, 0.29) is 11.9 Å². The number of nitrogens with zero attached hydrogens (tertiary/aromatic N) is 4. The van der Waals surface area contributed by atoms with Gasteiger partial charge in [0.15, 0.2) is 5.82 Å². The number of carbonyl (C=O) groups is 1. The van der Waals surface area contributed by atoms with Crippen molar-refractivity contribution in [3.8, 4) is 0 Å². The van der Waals surface area contributed by atoms with Gasteiger partial charge in [-0.25, -0.2) is 4.98 Å². The SMILES string of the molecule is Cc1cccnc1CN(Cc1ncccc1C(C)C)[C@H]1CC[C@H](NC(=O)c2nc3ccccc3[nH]2)CC1. The molecular formula is C30H36N6O. The first-order valence-electron chi connectivity index (χ1n) is 13.3. The predicted octanol–water partition coefficient (Wildman–Crippen LogP) is 5.53. The predicted molar refractivity (Wildman–Crippen MR) is 146 cm³/mol. The summed E-state index contributed by atoms with van der Waals surface area (Å²) in [5, 5.41) is 3.21. The first kappa shape index (κ1) is 25.1. The summed E-state index contributed by atoms with van der Waals surface area (Å²) in [7, 11) is 0. The Morgan fingerprint density at radius 3 is 2.41 bits per heavy atom. The fourth-order valence-corrected chi connectivity index (χ4v) is 5.39. The van der Waals surface area contributed by atoms with Crippen LogP contribution in [-0.2, 0) is 13.1 Å². The quantitative estimate of drug-likeness (QED) is 0.335. The third-order valence-corrected chi connectivity index (χ3v) is 7.52. The van der Waals surface area contributed by atoms with E-state index >= 15 is 0 Å². The highest BCUT2D eigenvalue weighted by atomic mass is 16.2. The first-order valence-corrected chi connectivity index (χ1v) is 13.3. The molecule has 0 saturated heterocycles. The number of aromatic nitrogens is 4. The molecule has 1 saturated carbocycles. The third-order valence-electron chi connectivity index (χ3n) is 7.52. The van der Waals surface area contributed by atoms with Crippen molar-refractivity contribution in [2.45, 2.75) is 77.5 Å². The third kappa shape index (κ3) is 5.88. The molecule has 3 heterocycles. The van der Waals surface area contributed by atoms with Crippen molar-refractivity contribution in [1.82, 2.24) is 30.2 Å². The van der Waals surface area contributed by atoms with Crippen LogP contribution in [0.25, 0.3) is 11.0 Å². The normalized spacial score (nSPS) is 18.0. The van der Waals surface area contributed by atoms with E-state index in [0.29, 0.717) is 17.8 Å². The van der Waals surface area contributed by atoms with Gasteiger partial charge in [-0.3, -0.25) is 19.7 Å². The van der Waals surface area contributed by atoms with E-state index in [0.717, 1.165) is 61.2 Å². The molecule has 0 spiro atoms.